The van der Waals surface area contributed by atoms with Crippen molar-refractivity contribution in [3.8, 4) is 11.5 Å². The van der Waals surface area contributed by atoms with Crippen molar-refractivity contribution in [1.29, 1.82) is 0 Å². The van der Waals surface area contributed by atoms with E-state index >= 15 is 0 Å². The van der Waals surface area contributed by atoms with E-state index in [0.29, 0.717) is 6.61 Å². The lowest BCUT2D eigenvalue weighted by atomic mass is 9.88. The molecule has 3 aromatic rings. The van der Waals surface area contributed by atoms with Gasteiger partial charge in [-0.05, 0) is 71.6 Å². The molecular formula is C29H36ClNO2. The van der Waals surface area contributed by atoms with Crippen LogP contribution in [0, 0.1) is 0 Å². The molecule has 0 spiro atoms. The van der Waals surface area contributed by atoms with Crippen LogP contribution in [-0.2, 0) is 0 Å². The Morgan fingerprint density at radius 3 is 1.79 bits per heavy atom. The Kier molecular flexibility index (Phi) is 11.0. The Bertz CT molecular complexity index is 978. The van der Waals surface area contributed by atoms with Crippen LogP contribution in [0.1, 0.15) is 43.9 Å². The Labute approximate surface area is 205 Å². The van der Waals surface area contributed by atoms with Gasteiger partial charge < -0.3 is 14.4 Å². The molecule has 0 aromatic heterocycles. The minimum Gasteiger partial charge on any atom is -0.497 e. The molecule has 33 heavy (non-hydrogen) atoms. The van der Waals surface area contributed by atoms with Gasteiger partial charge in [0.2, 0.25) is 0 Å². The maximum Gasteiger partial charge on any atom is 0.119 e. The number of hydrogen-bond donors (Lipinski definition) is 0. The van der Waals surface area contributed by atoms with Gasteiger partial charge in [0.25, 0.3) is 0 Å². The Morgan fingerprint density at radius 1 is 0.697 bits per heavy atom. The number of likely N-dealkylation sites (N-methyl/N-ethyl adjacent to an activating group) is 1. The monoisotopic (exact) mass is 465 g/mol. The average Bonchev–Trinajstić information content (AvgIpc) is 2.86. The van der Waals surface area contributed by atoms with Crippen molar-refractivity contribution in [2.75, 3.05) is 33.4 Å². The van der Waals surface area contributed by atoms with Gasteiger partial charge in [-0.1, -0.05) is 75.4 Å². The number of ether oxygens (including phenoxy) is 2. The lowest BCUT2D eigenvalue weighted by Gasteiger charge is -2.19. The fraction of sp³-hybridized carbons (Fsp3) is 0.310. The van der Waals surface area contributed by atoms with E-state index in [1.54, 1.807) is 7.11 Å². The van der Waals surface area contributed by atoms with Crippen LogP contribution in [0.15, 0.2) is 78.9 Å². The highest BCUT2D eigenvalue weighted by molar-refractivity contribution is 5.98. The quantitative estimate of drug-likeness (QED) is 0.279. The van der Waals surface area contributed by atoms with Crippen LogP contribution < -0.4 is 9.47 Å². The number of hydrogen-bond acceptors (Lipinski definition) is 3. The Balaban J connectivity index is 0.00000385. The summed E-state index contributed by atoms with van der Waals surface area (Å²) in [7, 11) is 1.70. The molecule has 176 valence electrons. The predicted octanol–water partition coefficient (Wildman–Crippen LogP) is 7.21. The molecule has 3 nitrogen and oxygen atoms in total. The Morgan fingerprint density at radius 2 is 1.24 bits per heavy atom. The lowest BCUT2D eigenvalue weighted by Crippen LogP contribution is -2.27. The van der Waals surface area contributed by atoms with Crippen molar-refractivity contribution in [3.05, 3.63) is 95.6 Å². The number of halogens is 1. The normalized spacial score (nSPS) is 11.5. The van der Waals surface area contributed by atoms with Crippen molar-refractivity contribution in [2.24, 2.45) is 0 Å². The van der Waals surface area contributed by atoms with Gasteiger partial charge in [-0.25, -0.2) is 0 Å². The second-order valence-electron chi connectivity index (χ2n) is 7.70. The minimum absolute atomic E-state index is 0. The first kappa shape index (κ1) is 26.5. The van der Waals surface area contributed by atoms with E-state index in [-0.39, 0.29) is 12.4 Å². The van der Waals surface area contributed by atoms with Gasteiger partial charge in [-0.2, -0.15) is 0 Å². The molecule has 3 aromatic carbocycles. The van der Waals surface area contributed by atoms with Crippen LogP contribution in [0.5, 0.6) is 11.5 Å². The fourth-order valence-electron chi connectivity index (χ4n) is 3.99. The first-order chi connectivity index (χ1) is 15.7. The summed E-state index contributed by atoms with van der Waals surface area (Å²) in [6.07, 6.45) is 0.929. The number of nitrogens with zero attached hydrogens (tertiary/aromatic N) is 1. The first-order valence-electron chi connectivity index (χ1n) is 11.6. The number of methoxy groups -OCH3 is 1. The van der Waals surface area contributed by atoms with Crippen LogP contribution >= 0.6 is 12.4 Å². The van der Waals surface area contributed by atoms with Gasteiger partial charge >= 0.3 is 0 Å². The molecule has 0 atom stereocenters. The third-order valence-electron chi connectivity index (χ3n) is 5.87. The van der Waals surface area contributed by atoms with E-state index in [9.17, 15) is 0 Å². The highest BCUT2D eigenvalue weighted by Gasteiger charge is 2.13. The van der Waals surface area contributed by atoms with Crippen molar-refractivity contribution in [1.82, 2.24) is 4.90 Å². The zero-order chi connectivity index (χ0) is 22.8. The molecule has 4 heteroatoms. The van der Waals surface area contributed by atoms with Gasteiger partial charge in [0.15, 0.2) is 0 Å². The highest BCUT2D eigenvalue weighted by atomic mass is 35.5. The summed E-state index contributed by atoms with van der Waals surface area (Å²) in [5.74, 6) is 1.78. The lowest BCUT2D eigenvalue weighted by molar-refractivity contribution is 0.223. The largest absolute Gasteiger partial charge is 0.497 e. The van der Waals surface area contributed by atoms with Crippen LogP contribution in [0.25, 0.3) is 11.1 Å². The van der Waals surface area contributed by atoms with E-state index < -0.39 is 0 Å². The third kappa shape index (κ3) is 7.12. The van der Waals surface area contributed by atoms with Gasteiger partial charge in [-0.3, -0.25) is 0 Å². The molecule has 3 rings (SSSR count). The summed E-state index contributed by atoms with van der Waals surface area (Å²) >= 11 is 0. The zero-order valence-corrected chi connectivity index (χ0v) is 21.0. The smallest absolute Gasteiger partial charge is 0.119 e. The fourth-order valence-corrected chi connectivity index (χ4v) is 3.99. The summed E-state index contributed by atoms with van der Waals surface area (Å²) < 4.78 is 11.4. The average molecular weight is 466 g/mol. The van der Waals surface area contributed by atoms with Crippen molar-refractivity contribution >= 4 is 23.6 Å². The molecule has 0 saturated carbocycles. The molecule has 0 heterocycles. The Hall–Kier alpha value is -2.75. The molecule has 0 radical (unpaired) electrons. The first-order valence-corrected chi connectivity index (χ1v) is 11.6. The SMILES string of the molecule is CC/C(=C(\c1ccccc1)c1ccc(OC)cc1)c1ccc(OCCN(CC)CC)cc1.Cl. The van der Waals surface area contributed by atoms with Crippen molar-refractivity contribution in [3.63, 3.8) is 0 Å². The number of rotatable bonds is 11. The van der Waals surface area contributed by atoms with E-state index in [2.05, 4.69) is 92.4 Å². The maximum absolute atomic E-state index is 5.99. The molecule has 0 amide bonds. The van der Waals surface area contributed by atoms with Gasteiger partial charge in [-0.15, -0.1) is 12.4 Å². The zero-order valence-electron chi connectivity index (χ0n) is 20.2. The van der Waals surface area contributed by atoms with Gasteiger partial charge in [0, 0.05) is 6.54 Å². The van der Waals surface area contributed by atoms with Gasteiger partial charge in [0.05, 0.1) is 7.11 Å². The summed E-state index contributed by atoms with van der Waals surface area (Å²) in [6.45, 7) is 10.3. The van der Waals surface area contributed by atoms with Crippen molar-refractivity contribution in [2.45, 2.75) is 27.2 Å². The second kappa shape index (κ2) is 13.7. The molecule has 0 saturated heterocycles. The van der Waals surface area contributed by atoms with Gasteiger partial charge in [0.1, 0.15) is 18.1 Å². The summed E-state index contributed by atoms with van der Waals surface area (Å²) in [5, 5.41) is 0. The molecular weight excluding hydrogens is 430 g/mol. The van der Waals surface area contributed by atoms with Crippen LogP contribution in [0.2, 0.25) is 0 Å². The molecule has 0 aliphatic rings. The van der Waals surface area contributed by atoms with E-state index in [4.69, 9.17) is 9.47 Å². The third-order valence-corrected chi connectivity index (χ3v) is 5.87. The van der Waals surface area contributed by atoms with Crippen molar-refractivity contribution < 1.29 is 9.47 Å². The molecule has 0 aliphatic carbocycles. The summed E-state index contributed by atoms with van der Waals surface area (Å²) in [4.78, 5) is 2.37. The molecule has 0 fully saturated rings. The minimum atomic E-state index is 0. The molecule has 0 unspecified atom stereocenters. The van der Waals surface area contributed by atoms with Crippen LogP contribution in [0.3, 0.4) is 0 Å². The topological polar surface area (TPSA) is 21.7 Å². The van der Waals surface area contributed by atoms with E-state index in [0.717, 1.165) is 37.6 Å². The summed E-state index contributed by atoms with van der Waals surface area (Å²) in [6, 6.07) is 27.5. The number of benzene rings is 3. The maximum atomic E-state index is 5.99. The predicted molar refractivity (Wildman–Crippen MR) is 143 cm³/mol. The molecule has 0 N–H and O–H groups in total. The van der Waals surface area contributed by atoms with Crippen LogP contribution in [0.4, 0.5) is 0 Å². The van der Waals surface area contributed by atoms with E-state index in [1.165, 1.54) is 27.8 Å². The molecule has 0 aliphatic heterocycles. The second-order valence-corrected chi connectivity index (χ2v) is 7.70. The van der Waals surface area contributed by atoms with E-state index in [1.807, 2.05) is 12.1 Å². The summed E-state index contributed by atoms with van der Waals surface area (Å²) in [5.41, 5.74) is 6.20. The van der Waals surface area contributed by atoms with Crippen LogP contribution in [-0.4, -0.2) is 38.3 Å². The molecule has 0 bridgehead atoms. The number of allylic oxidation sites excluding steroid dienone is 1. The standard InChI is InChI=1S/C29H35NO2.ClH/c1-5-28(23-13-19-27(20-14-23)32-22-21-30(6-2)7-3)29(24-11-9-8-10-12-24)25-15-17-26(31-4)18-16-25;/h8-20H,5-7,21-22H2,1-4H3;1H/b29-28-;. The highest BCUT2D eigenvalue weighted by Crippen LogP contribution is 2.35.